The first-order valence-electron chi connectivity index (χ1n) is 6.03. The van der Waals surface area contributed by atoms with Gasteiger partial charge in [0.25, 0.3) is 5.91 Å². The van der Waals surface area contributed by atoms with Crippen LogP contribution in [-0.2, 0) is 0 Å². The van der Waals surface area contributed by atoms with E-state index in [2.05, 4.69) is 5.32 Å². The number of hydrogen-bond donors (Lipinski definition) is 2. The maximum atomic E-state index is 12.1. The number of nitrogens with one attached hydrogen (secondary N) is 1. The summed E-state index contributed by atoms with van der Waals surface area (Å²) < 4.78 is 10.4. The quantitative estimate of drug-likeness (QED) is 0.885. The van der Waals surface area contributed by atoms with Gasteiger partial charge in [-0.3, -0.25) is 4.79 Å². The Hall–Kier alpha value is -1.46. The molecule has 1 heterocycles. The van der Waals surface area contributed by atoms with Crippen LogP contribution in [0.5, 0.6) is 11.5 Å². The lowest BCUT2D eigenvalue weighted by atomic mass is 10.0. The van der Waals surface area contributed by atoms with Gasteiger partial charge in [-0.15, -0.1) is 0 Å². The molecule has 1 aromatic rings. The lowest BCUT2D eigenvalue weighted by molar-refractivity contribution is 0.0896. The van der Waals surface area contributed by atoms with Crippen LogP contribution in [0.1, 0.15) is 24.2 Å². The number of carbonyl (C=O) groups is 1. The molecular weight excluding hydrogens is 270 g/mol. The third kappa shape index (κ3) is 2.93. The summed E-state index contributed by atoms with van der Waals surface area (Å²) in [6.45, 7) is 3.84. The van der Waals surface area contributed by atoms with Crippen LogP contribution in [-0.4, -0.2) is 30.5 Å². The molecule has 0 fully saturated rings. The Morgan fingerprint density at radius 3 is 2.84 bits per heavy atom. The van der Waals surface area contributed by atoms with Gasteiger partial charge >= 0.3 is 0 Å². The van der Waals surface area contributed by atoms with Gasteiger partial charge in [0.05, 0.1) is 17.7 Å². The van der Waals surface area contributed by atoms with E-state index in [-0.39, 0.29) is 31.3 Å². The molecule has 0 spiro atoms. The molecule has 0 aliphatic carbocycles. The predicted octanol–water partition coefficient (Wildman–Crippen LogP) is 1.82. The van der Waals surface area contributed by atoms with Gasteiger partial charge in [-0.2, -0.15) is 0 Å². The van der Waals surface area contributed by atoms with Crippen molar-refractivity contribution in [1.82, 2.24) is 5.32 Å². The number of amides is 1. The highest BCUT2D eigenvalue weighted by Gasteiger charge is 2.22. The summed E-state index contributed by atoms with van der Waals surface area (Å²) in [6, 6.07) is 2.81. The number of hydrogen-bond acceptors (Lipinski definition) is 4. The number of halogens is 1. The number of carbonyl (C=O) groups excluding carboxylic acids is 1. The van der Waals surface area contributed by atoms with Crippen molar-refractivity contribution in [2.45, 2.75) is 19.9 Å². The molecule has 0 radical (unpaired) electrons. The van der Waals surface area contributed by atoms with Crippen LogP contribution >= 0.6 is 11.6 Å². The van der Waals surface area contributed by atoms with E-state index < -0.39 is 0 Å². The van der Waals surface area contributed by atoms with Crippen LogP contribution in [0.2, 0.25) is 5.02 Å². The van der Waals surface area contributed by atoms with Gasteiger partial charge in [0.1, 0.15) is 0 Å². The van der Waals surface area contributed by atoms with E-state index in [0.29, 0.717) is 22.1 Å². The fourth-order valence-electron chi connectivity index (χ4n) is 1.77. The van der Waals surface area contributed by atoms with Crippen LogP contribution in [0.15, 0.2) is 12.1 Å². The first-order chi connectivity index (χ1) is 9.02. The van der Waals surface area contributed by atoms with Gasteiger partial charge in [0.2, 0.25) is 6.79 Å². The van der Waals surface area contributed by atoms with Crippen molar-refractivity contribution in [3.63, 3.8) is 0 Å². The molecule has 1 atom stereocenters. The third-order valence-corrected chi connectivity index (χ3v) is 3.29. The summed E-state index contributed by atoms with van der Waals surface area (Å²) in [4.78, 5) is 12.1. The zero-order valence-corrected chi connectivity index (χ0v) is 11.5. The molecule has 104 valence electrons. The van der Waals surface area contributed by atoms with Crippen molar-refractivity contribution < 1.29 is 19.4 Å². The van der Waals surface area contributed by atoms with Gasteiger partial charge < -0.3 is 19.9 Å². The molecule has 1 aliphatic rings. The summed E-state index contributed by atoms with van der Waals surface area (Å²) in [6.07, 6.45) is 0. The normalized spacial score (nSPS) is 14.6. The van der Waals surface area contributed by atoms with E-state index in [9.17, 15) is 9.90 Å². The predicted molar refractivity (Wildman–Crippen MR) is 70.8 cm³/mol. The van der Waals surface area contributed by atoms with Crippen LogP contribution in [0.4, 0.5) is 0 Å². The van der Waals surface area contributed by atoms with Crippen molar-refractivity contribution in [3.8, 4) is 11.5 Å². The highest BCUT2D eigenvalue weighted by molar-refractivity contribution is 6.32. The Balaban J connectivity index is 2.18. The van der Waals surface area contributed by atoms with Crippen LogP contribution in [0.3, 0.4) is 0 Å². The molecule has 2 rings (SSSR count). The van der Waals surface area contributed by atoms with Gasteiger partial charge in [-0.25, -0.2) is 0 Å². The molecule has 1 aliphatic heterocycles. The minimum absolute atomic E-state index is 0.103. The molecule has 0 saturated carbocycles. The SMILES string of the molecule is CC(C)[C@@H](CO)NC(=O)c1cc(Cl)c2c(c1)OCO2. The Kier molecular flexibility index (Phi) is 4.17. The van der Waals surface area contributed by atoms with Crippen molar-refractivity contribution in [1.29, 1.82) is 0 Å². The van der Waals surface area contributed by atoms with Gasteiger partial charge in [-0.1, -0.05) is 25.4 Å². The number of rotatable bonds is 4. The second-order valence-electron chi connectivity index (χ2n) is 4.70. The smallest absolute Gasteiger partial charge is 0.251 e. The fourth-order valence-corrected chi connectivity index (χ4v) is 2.04. The second kappa shape index (κ2) is 5.67. The molecule has 0 saturated heterocycles. The molecule has 5 nitrogen and oxygen atoms in total. The molecule has 0 unspecified atom stereocenters. The minimum Gasteiger partial charge on any atom is -0.454 e. The summed E-state index contributed by atoms with van der Waals surface area (Å²) in [5.74, 6) is 0.759. The van der Waals surface area contributed by atoms with Gasteiger partial charge in [0, 0.05) is 5.56 Å². The van der Waals surface area contributed by atoms with E-state index in [0.717, 1.165) is 0 Å². The Bertz CT molecular complexity index is 490. The maximum Gasteiger partial charge on any atom is 0.251 e. The number of benzene rings is 1. The highest BCUT2D eigenvalue weighted by atomic mass is 35.5. The number of aliphatic hydroxyl groups is 1. The first-order valence-corrected chi connectivity index (χ1v) is 6.41. The Labute approximate surface area is 116 Å². The standard InChI is InChI=1S/C13H16ClNO4/c1-7(2)10(5-16)15-13(17)8-3-9(14)12-11(4-8)18-6-19-12/h3-4,7,10,16H,5-6H2,1-2H3,(H,15,17)/t10-/m1/s1. The molecule has 19 heavy (non-hydrogen) atoms. The second-order valence-corrected chi connectivity index (χ2v) is 5.11. The van der Waals surface area contributed by atoms with E-state index in [1.807, 2.05) is 13.8 Å². The van der Waals surface area contributed by atoms with E-state index in [1.165, 1.54) is 6.07 Å². The fraction of sp³-hybridized carbons (Fsp3) is 0.462. The van der Waals surface area contributed by atoms with E-state index >= 15 is 0 Å². The summed E-state index contributed by atoms with van der Waals surface area (Å²) in [5, 5.41) is 12.3. The average Bonchev–Trinajstić information content (AvgIpc) is 2.83. The molecule has 0 aromatic heterocycles. The maximum absolute atomic E-state index is 12.1. The molecule has 0 bridgehead atoms. The van der Waals surface area contributed by atoms with Crippen molar-refractivity contribution in [3.05, 3.63) is 22.7 Å². The molecule has 1 amide bonds. The zero-order chi connectivity index (χ0) is 14.0. The largest absolute Gasteiger partial charge is 0.454 e. The van der Waals surface area contributed by atoms with Crippen molar-refractivity contribution in [2.75, 3.05) is 13.4 Å². The van der Waals surface area contributed by atoms with E-state index in [1.54, 1.807) is 6.07 Å². The summed E-state index contributed by atoms with van der Waals surface area (Å²) >= 11 is 6.02. The number of ether oxygens (including phenoxy) is 2. The monoisotopic (exact) mass is 285 g/mol. The van der Waals surface area contributed by atoms with Gasteiger partial charge in [-0.05, 0) is 18.1 Å². The van der Waals surface area contributed by atoms with Crippen LogP contribution in [0.25, 0.3) is 0 Å². The van der Waals surface area contributed by atoms with Crippen LogP contribution < -0.4 is 14.8 Å². The molecule has 6 heteroatoms. The summed E-state index contributed by atoms with van der Waals surface area (Å²) in [7, 11) is 0. The molecule has 2 N–H and O–H groups in total. The first kappa shape index (κ1) is 14.0. The van der Waals surface area contributed by atoms with Crippen LogP contribution in [0, 0.1) is 5.92 Å². The van der Waals surface area contributed by atoms with Crippen molar-refractivity contribution in [2.24, 2.45) is 5.92 Å². The molecule has 1 aromatic carbocycles. The molecular formula is C13H16ClNO4. The lowest BCUT2D eigenvalue weighted by Crippen LogP contribution is -2.41. The number of fused-ring (bicyclic) bond motifs is 1. The minimum atomic E-state index is -0.298. The lowest BCUT2D eigenvalue weighted by Gasteiger charge is -2.20. The number of aliphatic hydroxyl groups excluding tert-OH is 1. The van der Waals surface area contributed by atoms with Crippen molar-refractivity contribution >= 4 is 17.5 Å². The van der Waals surface area contributed by atoms with Gasteiger partial charge in [0.15, 0.2) is 11.5 Å². The Morgan fingerprint density at radius 1 is 1.47 bits per heavy atom. The third-order valence-electron chi connectivity index (χ3n) is 3.01. The highest BCUT2D eigenvalue weighted by Crippen LogP contribution is 2.39. The zero-order valence-electron chi connectivity index (χ0n) is 10.8. The Morgan fingerprint density at radius 2 is 2.21 bits per heavy atom. The average molecular weight is 286 g/mol. The van der Waals surface area contributed by atoms with E-state index in [4.69, 9.17) is 21.1 Å². The summed E-state index contributed by atoms with van der Waals surface area (Å²) in [5.41, 5.74) is 0.383. The topological polar surface area (TPSA) is 67.8 Å².